The molecule has 0 amide bonds. The van der Waals surface area contributed by atoms with Crippen LogP contribution in [0.3, 0.4) is 0 Å². The number of nitrogens with zero attached hydrogens (tertiary/aromatic N) is 2. The number of allylic oxidation sites excluding steroid dienone is 1. The molecule has 1 heterocycles. The summed E-state index contributed by atoms with van der Waals surface area (Å²) in [5.41, 5.74) is 1.35. The minimum Gasteiger partial charge on any atom is -0.508 e. The molecular formula is C17H16N2O4. The highest BCUT2D eigenvalue weighted by Crippen LogP contribution is 2.28. The van der Waals surface area contributed by atoms with Crippen molar-refractivity contribution in [2.24, 2.45) is 14.1 Å². The van der Waals surface area contributed by atoms with E-state index in [1.807, 2.05) is 0 Å². The molecule has 1 aromatic heterocycles. The van der Waals surface area contributed by atoms with Crippen molar-refractivity contribution in [3.63, 3.8) is 0 Å². The standard InChI is InChI=1S/C17H16N2O4/c1-18-9-12(16(22)19(2)17(18)23)7-11-4-3-10-8-13(20)5-6-14(10)15(11)21/h5-9,20H,3-4H2,1-2H3. The number of hydrogen-bond donors (Lipinski definition) is 1. The molecule has 0 aliphatic heterocycles. The van der Waals surface area contributed by atoms with E-state index in [1.165, 1.54) is 23.9 Å². The first-order valence-corrected chi connectivity index (χ1v) is 7.22. The Morgan fingerprint density at radius 3 is 2.61 bits per heavy atom. The van der Waals surface area contributed by atoms with E-state index < -0.39 is 11.2 Å². The van der Waals surface area contributed by atoms with Crippen LogP contribution in [0.1, 0.15) is 27.9 Å². The van der Waals surface area contributed by atoms with Crippen LogP contribution in [-0.4, -0.2) is 20.0 Å². The van der Waals surface area contributed by atoms with Crippen LogP contribution in [0.2, 0.25) is 0 Å². The number of phenolic OH excluding ortho intramolecular Hbond substituents is 1. The molecule has 0 radical (unpaired) electrons. The van der Waals surface area contributed by atoms with Gasteiger partial charge in [0.1, 0.15) is 5.75 Å². The van der Waals surface area contributed by atoms with Gasteiger partial charge in [-0.1, -0.05) is 0 Å². The maximum absolute atomic E-state index is 12.6. The second-order valence-electron chi connectivity index (χ2n) is 5.68. The molecule has 0 saturated heterocycles. The topological polar surface area (TPSA) is 81.3 Å². The van der Waals surface area contributed by atoms with Crippen LogP contribution in [0, 0.1) is 0 Å². The summed E-state index contributed by atoms with van der Waals surface area (Å²) >= 11 is 0. The minimum absolute atomic E-state index is 0.135. The number of benzene rings is 1. The summed E-state index contributed by atoms with van der Waals surface area (Å²) in [5, 5.41) is 9.50. The Morgan fingerprint density at radius 1 is 1.13 bits per heavy atom. The number of aryl methyl sites for hydroxylation is 2. The fourth-order valence-electron chi connectivity index (χ4n) is 2.82. The van der Waals surface area contributed by atoms with E-state index in [4.69, 9.17) is 0 Å². The fraction of sp³-hybridized carbons (Fsp3) is 0.235. The van der Waals surface area contributed by atoms with Crippen LogP contribution in [0.5, 0.6) is 5.75 Å². The number of Topliss-reactive ketones (excluding diaryl/α,β-unsaturated/α-hetero) is 1. The monoisotopic (exact) mass is 312 g/mol. The maximum atomic E-state index is 12.6. The quantitative estimate of drug-likeness (QED) is 0.797. The number of fused-ring (bicyclic) bond motifs is 1. The zero-order valence-corrected chi connectivity index (χ0v) is 12.9. The van der Waals surface area contributed by atoms with Crippen molar-refractivity contribution in [2.75, 3.05) is 0 Å². The normalized spacial score (nSPS) is 15.7. The largest absolute Gasteiger partial charge is 0.508 e. The molecule has 118 valence electrons. The van der Waals surface area contributed by atoms with E-state index in [9.17, 15) is 19.5 Å². The number of carbonyl (C=O) groups is 1. The summed E-state index contributed by atoms with van der Waals surface area (Å²) in [6.45, 7) is 0. The summed E-state index contributed by atoms with van der Waals surface area (Å²) in [4.78, 5) is 36.4. The van der Waals surface area contributed by atoms with Crippen molar-refractivity contribution in [2.45, 2.75) is 12.8 Å². The van der Waals surface area contributed by atoms with Crippen molar-refractivity contribution >= 4 is 11.9 Å². The molecule has 0 saturated carbocycles. The Balaban J connectivity index is 2.09. The Hall–Kier alpha value is -2.89. The van der Waals surface area contributed by atoms with Crippen LogP contribution in [-0.2, 0) is 20.5 Å². The molecule has 0 bridgehead atoms. The Morgan fingerprint density at radius 2 is 1.87 bits per heavy atom. The molecule has 1 aliphatic carbocycles. The molecule has 0 unspecified atom stereocenters. The fourth-order valence-corrected chi connectivity index (χ4v) is 2.82. The zero-order valence-electron chi connectivity index (χ0n) is 12.9. The lowest BCUT2D eigenvalue weighted by atomic mass is 9.86. The maximum Gasteiger partial charge on any atom is 0.330 e. The predicted molar refractivity (Wildman–Crippen MR) is 85.7 cm³/mol. The van der Waals surface area contributed by atoms with Gasteiger partial charge in [-0.05, 0) is 42.7 Å². The van der Waals surface area contributed by atoms with Gasteiger partial charge in [-0.2, -0.15) is 0 Å². The molecule has 2 aromatic rings. The number of carbonyl (C=O) groups excluding carboxylic acids is 1. The third-order valence-electron chi connectivity index (χ3n) is 4.09. The summed E-state index contributed by atoms with van der Waals surface area (Å²) < 4.78 is 2.33. The first kappa shape index (κ1) is 15.0. The van der Waals surface area contributed by atoms with Crippen molar-refractivity contribution in [1.82, 2.24) is 9.13 Å². The molecule has 0 spiro atoms. The second-order valence-corrected chi connectivity index (χ2v) is 5.68. The summed E-state index contributed by atoms with van der Waals surface area (Å²) in [6.07, 6.45) is 4.10. The van der Waals surface area contributed by atoms with Crippen molar-refractivity contribution in [1.29, 1.82) is 0 Å². The Labute approximate surface area is 131 Å². The third kappa shape index (κ3) is 2.52. The van der Waals surface area contributed by atoms with Crippen LogP contribution in [0.4, 0.5) is 0 Å². The highest BCUT2D eigenvalue weighted by Gasteiger charge is 2.22. The number of rotatable bonds is 1. The van der Waals surface area contributed by atoms with E-state index in [1.54, 1.807) is 25.3 Å². The van der Waals surface area contributed by atoms with Gasteiger partial charge in [-0.25, -0.2) is 4.79 Å². The van der Waals surface area contributed by atoms with Gasteiger partial charge < -0.3 is 9.67 Å². The van der Waals surface area contributed by atoms with Crippen molar-refractivity contribution in [3.8, 4) is 5.75 Å². The Kier molecular flexibility index (Phi) is 3.52. The average Bonchev–Trinajstić information content (AvgIpc) is 2.53. The van der Waals surface area contributed by atoms with E-state index in [2.05, 4.69) is 0 Å². The second kappa shape index (κ2) is 5.39. The number of phenols is 1. The van der Waals surface area contributed by atoms with E-state index in [0.717, 1.165) is 10.1 Å². The van der Waals surface area contributed by atoms with Crippen LogP contribution >= 0.6 is 0 Å². The molecule has 6 heteroatoms. The van der Waals surface area contributed by atoms with Gasteiger partial charge in [0.05, 0.1) is 5.56 Å². The van der Waals surface area contributed by atoms with Crippen molar-refractivity contribution in [3.05, 3.63) is 67.5 Å². The SMILES string of the molecule is Cn1cc(C=C2CCc3cc(O)ccc3C2=O)c(=O)n(C)c1=O. The molecule has 1 aliphatic rings. The van der Waals surface area contributed by atoms with Gasteiger partial charge in [0.15, 0.2) is 5.78 Å². The number of aromatic nitrogens is 2. The lowest BCUT2D eigenvalue weighted by molar-refractivity contribution is 0.102. The first-order chi connectivity index (χ1) is 10.9. The highest BCUT2D eigenvalue weighted by atomic mass is 16.3. The summed E-state index contributed by atoms with van der Waals surface area (Å²) in [7, 11) is 2.97. The first-order valence-electron chi connectivity index (χ1n) is 7.22. The summed E-state index contributed by atoms with van der Waals surface area (Å²) in [6, 6.07) is 4.67. The lowest BCUT2D eigenvalue weighted by Crippen LogP contribution is -2.37. The van der Waals surface area contributed by atoms with E-state index in [0.29, 0.717) is 29.5 Å². The molecular weight excluding hydrogens is 296 g/mol. The number of aromatic hydroxyl groups is 1. The van der Waals surface area contributed by atoms with E-state index in [-0.39, 0.29) is 11.5 Å². The molecule has 1 N–H and O–H groups in total. The number of ketones is 1. The van der Waals surface area contributed by atoms with Gasteiger partial charge in [-0.3, -0.25) is 14.2 Å². The lowest BCUT2D eigenvalue weighted by Gasteiger charge is -2.17. The minimum atomic E-state index is -0.426. The summed E-state index contributed by atoms with van der Waals surface area (Å²) in [5.74, 6) is -0.0157. The van der Waals surface area contributed by atoms with Gasteiger partial charge in [0.25, 0.3) is 5.56 Å². The molecule has 1 aromatic carbocycles. The van der Waals surface area contributed by atoms with Gasteiger partial charge in [0.2, 0.25) is 0 Å². The predicted octanol–water partition coefficient (Wildman–Crippen LogP) is 1.00. The van der Waals surface area contributed by atoms with Crippen LogP contribution < -0.4 is 11.2 Å². The molecule has 23 heavy (non-hydrogen) atoms. The molecule has 3 rings (SSSR count). The van der Waals surface area contributed by atoms with Crippen LogP contribution in [0.15, 0.2) is 39.6 Å². The third-order valence-corrected chi connectivity index (χ3v) is 4.09. The zero-order chi connectivity index (χ0) is 16.7. The average molecular weight is 312 g/mol. The van der Waals surface area contributed by atoms with E-state index >= 15 is 0 Å². The molecule has 6 nitrogen and oxygen atoms in total. The molecule has 0 atom stereocenters. The Bertz CT molecular complexity index is 964. The molecule has 0 fully saturated rings. The van der Waals surface area contributed by atoms with Gasteiger partial charge in [0, 0.05) is 31.4 Å². The smallest absolute Gasteiger partial charge is 0.330 e. The van der Waals surface area contributed by atoms with Crippen molar-refractivity contribution < 1.29 is 9.90 Å². The highest BCUT2D eigenvalue weighted by molar-refractivity contribution is 6.13. The number of hydrogen-bond acceptors (Lipinski definition) is 4. The van der Waals surface area contributed by atoms with Gasteiger partial charge >= 0.3 is 5.69 Å². The van der Waals surface area contributed by atoms with Gasteiger partial charge in [-0.15, -0.1) is 0 Å². The van der Waals surface area contributed by atoms with Crippen LogP contribution in [0.25, 0.3) is 6.08 Å².